The minimum atomic E-state index is -4.62. The first kappa shape index (κ1) is 24.5. The van der Waals surface area contributed by atoms with Crippen molar-refractivity contribution >= 4 is 46.7 Å². The smallest absolute Gasteiger partial charge is 0.416 e. The van der Waals surface area contributed by atoms with Crippen LogP contribution in [0.3, 0.4) is 0 Å². The first-order valence-electron chi connectivity index (χ1n) is 10.5. The maximum atomic E-state index is 12.9. The molecule has 0 radical (unpaired) electrons. The Morgan fingerprint density at radius 2 is 1.60 bits per heavy atom. The fraction of sp³-hybridized carbons (Fsp3) is 0.250. The Bertz CT molecular complexity index is 1200. The zero-order chi connectivity index (χ0) is 25.3. The van der Waals surface area contributed by atoms with Crippen molar-refractivity contribution in [3.8, 4) is 0 Å². The normalized spacial score (nSPS) is 19.5. The van der Waals surface area contributed by atoms with Gasteiger partial charge in [0.25, 0.3) is 5.91 Å². The van der Waals surface area contributed by atoms with E-state index in [1.807, 2.05) is 12.2 Å². The van der Waals surface area contributed by atoms with Crippen LogP contribution in [0.4, 0.5) is 24.5 Å². The second-order valence-corrected chi connectivity index (χ2v) is 8.44. The molecule has 2 atom stereocenters. The van der Waals surface area contributed by atoms with Crippen LogP contribution in [0, 0.1) is 11.8 Å². The lowest BCUT2D eigenvalue weighted by Crippen LogP contribution is -2.30. The zero-order valence-corrected chi connectivity index (χ0v) is 18.7. The summed E-state index contributed by atoms with van der Waals surface area (Å²) >= 11 is 5.83. The minimum absolute atomic E-state index is 0.0526. The molecule has 4 rings (SSSR count). The van der Waals surface area contributed by atoms with Gasteiger partial charge >= 0.3 is 12.1 Å². The van der Waals surface area contributed by atoms with E-state index in [4.69, 9.17) is 16.3 Å². The van der Waals surface area contributed by atoms with Gasteiger partial charge in [-0.3, -0.25) is 19.3 Å². The van der Waals surface area contributed by atoms with Gasteiger partial charge in [0.15, 0.2) is 6.61 Å². The summed E-state index contributed by atoms with van der Waals surface area (Å²) in [6, 6.07) is 8.00. The lowest BCUT2D eigenvalue weighted by atomic mass is 9.85. The van der Waals surface area contributed by atoms with Gasteiger partial charge in [-0.25, -0.2) is 4.79 Å². The molecule has 1 fully saturated rings. The number of carbonyl (C=O) groups excluding carboxylic acids is 4. The van der Waals surface area contributed by atoms with Gasteiger partial charge in [0.1, 0.15) is 0 Å². The minimum Gasteiger partial charge on any atom is -0.452 e. The van der Waals surface area contributed by atoms with Gasteiger partial charge in [0, 0.05) is 0 Å². The molecule has 0 saturated carbocycles. The Morgan fingerprint density at radius 3 is 2.17 bits per heavy atom. The number of benzene rings is 2. The van der Waals surface area contributed by atoms with Crippen molar-refractivity contribution in [3.63, 3.8) is 0 Å². The molecule has 0 spiro atoms. The molecule has 1 aliphatic carbocycles. The number of allylic oxidation sites excluding steroid dienone is 2. The number of ether oxygens (including phenoxy) is 1. The lowest BCUT2D eigenvalue weighted by Gasteiger charge is -2.15. The number of alkyl halides is 3. The van der Waals surface area contributed by atoms with Crippen LogP contribution in [0.2, 0.25) is 5.02 Å². The second-order valence-electron chi connectivity index (χ2n) is 8.03. The molecule has 182 valence electrons. The highest BCUT2D eigenvalue weighted by atomic mass is 35.5. The van der Waals surface area contributed by atoms with Gasteiger partial charge in [0.05, 0.1) is 39.4 Å². The lowest BCUT2D eigenvalue weighted by molar-refractivity contribution is -0.137. The van der Waals surface area contributed by atoms with E-state index in [0.29, 0.717) is 24.6 Å². The summed E-state index contributed by atoms with van der Waals surface area (Å²) in [5, 5.41) is 2.06. The molecule has 3 amide bonds. The van der Waals surface area contributed by atoms with E-state index in [9.17, 15) is 32.3 Å². The third-order valence-electron chi connectivity index (χ3n) is 5.77. The number of imide groups is 1. The van der Waals surface area contributed by atoms with Crippen molar-refractivity contribution in [1.82, 2.24) is 0 Å². The fourth-order valence-electron chi connectivity index (χ4n) is 4.00. The maximum absolute atomic E-state index is 12.9. The Hall–Kier alpha value is -3.66. The summed E-state index contributed by atoms with van der Waals surface area (Å²) in [7, 11) is 0. The summed E-state index contributed by atoms with van der Waals surface area (Å²) in [6.07, 6.45) is 0.147. The third kappa shape index (κ3) is 5.07. The number of carbonyl (C=O) groups is 4. The topological polar surface area (TPSA) is 92.8 Å². The molecule has 1 aliphatic heterocycles. The molecule has 1 N–H and O–H groups in total. The third-order valence-corrected chi connectivity index (χ3v) is 6.10. The monoisotopic (exact) mass is 506 g/mol. The summed E-state index contributed by atoms with van der Waals surface area (Å²) in [6.45, 7) is -0.771. The number of esters is 1. The average molecular weight is 507 g/mol. The van der Waals surface area contributed by atoms with Crippen molar-refractivity contribution in [3.05, 3.63) is 70.8 Å². The number of anilines is 2. The highest BCUT2D eigenvalue weighted by molar-refractivity contribution is 6.33. The second kappa shape index (κ2) is 9.53. The number of hydrogen-bond acceptors (Lipinski definition) is 5. The Kier molecular flexibility index (Phi) is 6.66. The molecule has 35 heavy (non-hydrogen) atoms. The maximum Gasteiger partial charge on any atom is 0.416 e. The molecule has 1 heterocycles. The van der Waals surface area contributed by atoms with E-state index in [-0.39, 0.29) is 39.9 Å². The van der Waals surface area contributed by atoms with Crippen molar-refractivity contribution < 1.29 is 37.1 Å². The first-order chi connectivity index (χ1) is 16.6. The molecule has 1 saturated heterocycles. The summed E-state index contributed by atoms with van der Waals surface area (Å²) < 4.78 is 43.5. The fourth-order valence-corrected chi connectivity index (χ4v) is 4.16. The molecule has 2 aromatic carbocycles. The number of halogens is 4. The van der Waals surface area contributed by atoms with Crippen LogP contribution in [0.5, 0.6) is 0 Å². The van der Waals surface area contributed by atoms with Gasteiger partial charge in [-0.2, -0.15) is 13.2 Å². The van der Waals surface area contributed by atoms with Gasteiger partial charge < -0.3 is 10.1 Å². The van der Waals surface area contributed by atoms with Crippen molar-refractivity contribution in [1.29, 1.82) is 0 Å². The number of nitrogens with one attached hydrogen (secondary N) is 1. The predicted molar refractivity (Wildman–Crippen MR) is 120 cm³/mol. The van der Waals surface area contributed by atoms with Crippen LogP contribution in [0.1, 0.15) is 28.8 Å². The number of nitrogens with zero attached hydrogens (tertiary/aromatic N) is 1. The molecule has 0 bridgehead atoms. The number of fused-ring (bicyclic) bond motifs is 1. The SMILES string of the molecule is O=C(COC(=O)c1ccc(N2C(=O)[C@H]3CC=CC[C@H]3C2=O)cc1)Nc1cc(C(F)(F)F)ccc1Cl. The van der Waals surface area contributed by atoms with Crippen LogP contribution >= 0.6 is 11.6 Å². The van der Waals surface area contributed by atoms with Gasteiger partial charge in [-0.1, -0.05) is 23.8 Å². The molecule has 0 aromatic heterocycles. The molecular weight excluding hydrogens is 489 g/mol. The number of rotatable bonds is 5. The van der Waals surface area contributed by atoms with Crippen molar-refractivity contribution in [2.24, 2.45) is 11.8 Å². The van der Waals surface area contributed by atoms with E-state index in [0.717, 1.165) is 17.0 Å². The van der Waals surface area contributed by atoms with E-state index >= 15 is 0 Å². The van der Waals surface area contributed by atoms with Crippen LogP contribution in [0.25, 0.3) is 0 Å². The Morgan fingerprint density at radius 1 is 1.00 bits per heavy atom. The number of amides is 3. The van der Waals surface area contributed by atoms with E-state index < -0.39 is 30.2 Å². The quantitative estimate of drug-likeness (QED) is 0.363. The molecule has 2 aliphatic rings. The molecule has 7 nitrogen and oxygen atoms in total. The van der Waals surface area contributed by atoms with Gasteiger partial charge in [0.2, 0.25) is 11.8 Å². The number of hydrogen-bond donors (Lipinski definition) is 1. The van der Waals surface area contributed by atoms with E-state index in [1.165, 1.54) is 24.3 Å². The highest BCUT2D eigenvalue weighted by Gasteiger charge is 2.47. The Labute approximate surface area is 202 Å². The van der Waals surface area contributed by atoms with Gasteiger partial charge in [-0.15, -0.1) is 0 Å². The molecule has 0 unspecified atom stereocenters. The predicted octanol–water partition coefficient (Wildman–Crippen LogP) is 4.61. The van der Waals surface area contributed by atoms with Gasteiger partial charge in [-0.05, 0) is 55.3 Å². The zero-order valence-electron chi connectivity index (χ0n) is 18.0. The van der Waals surface area contributed by atoms with Crippen LogP contribution < -0.4 is 10.2 Å². The van der Waals surface area contributed by atoms with Crippen LogP contribution in [-0.4, -0.2) is 30.3 Å². The van der Waals surface area contributed by atoms with E-state index in [1.54, 1.807) is 0 Å². The summed E-state index contributed by atoms with van der Waals surface area (Å²) in [5.74, 6) is -3.12. The Balaban J connectivity index is 1.36. The van der Waals surface area contributed by atoms with Crippen molar-refractivity contribution in [2.45, 2.75) is 19.0 Å². The highest BCUT2D eigenvalue weighted by Crippen LogP contribution is 2.38. The van der Waals surface area contributed by atoms with Crippen LogP contribution in [0.15, 0.2) is 54.6 Å². The summed E-state index contributed by atoms with van der Waals surface area (Å²) in [5.41, 5.74) is -0.901. The average Bonchev–Trinajstić information content (AvgIpc) is 3.08. The summed E-state index contributed by atoms with van der Waals surface area (Å²) in [4.78, 5) is 50.8. The van der Waals surface area contributed by atoms with Crippen LogP contribution in [-0.2, 0) is 25.3 Å². The standard InChI is InChI=1S/C24H18ClF3N2O5/c25-18-10-7-14(24(26,27)28)11-19(18)29-20(31)12-35-23(34)13-5-8-15(9-6-13)30-21(32)16-3-1-2-4-17(16)22(30)33/h1-2,5-11,16-17H,3-4,12H2,(H,29,31)/t16-,17+. The van der Waals surface area contributed by atoms with E-state index in [2.05, 4.69) is 5.32 Å². The van der Waals surface area contributed by atoms with Crippen molar-refractivity contribution in [2.75, 3.05) is 16.8 Å². The molecule has 11 heteroatoms. The first-order valence-corrected chi connectivity index (χ1v) is 10.9. The molecule has 2 aromatic rings. The largest absolute Gasteiger partial charge is 0.452 e. The molecular formula is C24H18ClF3N2O5.